The third-order valence-corrected chi connectivity index (χ3v) is 4.43. The second-order valence-electron chi connectivity index (χ2n) is 7.71. The summed E-state index contributed by atoms with van der Waals surface area (Å²) >= 11 is 0. The van der Waals surface area contributed by atoms with Crippen LogP contribution in [-0.2, 0) is 11.2 Å². The van der Waals surface area contributed by atoms with E-state index < -0.39 is 5.60 Å². The van der Waals surface area contributed by atoms with E-state index in [-0.39, 0.29) is 12.0 Å². The Kier molecular flexibility index (Phi) is 4.80. The topological polar surface area (TPSA) is 42.4 Å². The molecule has 0 unspecified atom stereocenters. The van der Waals surface area contributed by atoms with Crippen LogP contribution < -0.4 is 0 Å². The molecule has 0 spiro atoms. The fourth-order valence-corrected chi connectivity index (χ4v) is 3.24. The van der Waals surface area contributed by atoms with Gasteiger partial charge in [0.05, 0.1) is 5.69 Å². The summed E-state index contributed by atoms with van der Waals surface area (Å²) in [6, 6.07) is 12.5. The van der Waals surface area contributed by atoms with E-state index in [2.05, 4.69) is 30.1 Å². The number of nitrogens with zero attached hydrogens (tertiary/aromatic N) is 2. The number of amides is 1. The van der Waals surface area contributed by atoms with E-state index >= 15 is 0 Å². The Hall–Kier alpha value is -2.36. The van der Waals surface area contributed by atoms with Gasteiger partial charge in [-0.2, -0.15) is 0 Å². The summed E-state index contributed by atoms with van der Waals surface area (Å²) in [6.45, 7) is 9.24. The summed E-state index contributed by atoms with van der Waals surface area (Å²) in [5, 5.41) is 0. The molecule has 1 aromatic heterocycles. The first-order chi connectivity index (χ1) is 11.8. The zero-order valence-corrected chi connectivity index (χ0v) is 15.5. The van der Waals surface area contributed by atoms with Crippen LogP contribution >= 0.6 is 0 Å². The van der Waals surface area contributed by atoms with Crippen molar-refractivity contribution in [3.63, 3.8) is 0 Å². The number of ether oxygens (including phenoxy) is 1. The second-order valence-corrected chi connectivity index (χ2v) is 7.71. The zero-order valence-electron chi connectivity index (χ0n) is 15.5. The second kappa shape index (κ2) is 6.87. The molecule has 4 heteroatoms. The molecule has 0 N–H and O–H groups in total. The SMILES string of the molecule is C[C@@H]1CN(C(=O)OC(C)(C)C)CCc2ccc(-c3ccccn3)cc21. The molecule has 1 aromatic carbocycles. The predicted octanol–water partition coefficient (Wildman–Crippen LogP) is 4.65. The minimum Gasteiger partial charge on any atom is -0.444 e. The van der Waals surface area contributed by atoms with Crippen LogP contribution in [0.5, 0.6) is 0 Å². The standard InChI is InChI=1S/C21H26N2O2/c1-15-14-23(20(24)25-21(2,3)4)12-10-16-8-9-17(13-18(15)16)19-7-5-6-11-22-19/h5-9,11,13,15H,10,12,14H2,1-4H3/t15-/m1/s1. The average molecular weight is 338 g/mol. The molecular formula is C21H26N2O2. The summed E-state index contributed by atoms with van der Waals surface area (Å²) in [7, 11) is 0. The van der Waals surface area contributed by atoms with Crippen molar-refractivity contribution in [2.75, 3.05) is 13.1 Å². The molecule has 25 heavy (non-hydrogen) atoms. The maximum absolute atomic E-state index is 12.4. The lowest BCUT2D eigenvalue weighted by Crippen LogP contribution is -2.38. The highest BCUT2D eigenvalue weighted by molar-refractivity contribution is 5.69. The van der Waals surface area contributed by atoms with Gasteiger partial charge >= 0.3 is 6.09 Å². The molecule has 1 amide bonds. The molecule has 3 rings (SSSR count). The Labute approximate surface area is 149 Å². The van der Waals surface area contributed by atoms with Crippen molar-refractivity contribution in [3.8, 4) is 11.3 Å². The van der Waals surface area contributed by atoms with E-state index in [1.165, 1.54) is 11.1 Å². The van der Waals surface area contributed by atoms with Gasteiger partial charge in [0.15, 0.2) is 0 Å². The number of fused-ring (bicyclic) bond motifs is 1. The van der Waals surface area contributed by atoms with E-state index in [0.717, 1.165) is 17.7 Å². The highest BCUT2D eigenvalue weighted by Gasteiger charge is 2.27. The van der Waals surface area contributed by atoms with Crippen LogP contribution in [0.3, 0.4) is 0 Å². The van der Waals surface area contributed by atoms with Gasteiger partial charge in [-0.25, -0.2) is 4.79 Å². The van der Waals surface area contributed by atoms with Crippen molar-refractivity contribution >= 4 is 6.09 Å². The predicted molar refractivity (Wildman–Crippen MR) is 99.6 cm³/mol. The lowest BCUT2D eigenvalue weighted by Gasteiger charge is -2.27. The Morgan fingerprint density at radius 2 is 2.04 bits per heavy atom. The Morgan fingerprint density at radius 3 is 2.72 bits per heavy atom. The van der Waals surface area contributed by atoms with Crippen molar-refractivity contribution in [3.05, 3.63) is 53.7 Å². The molecule has 2 heterocycles. The Balaban J connectivity index is 1.83. The molecule has 4 nitrogen and oxygen atoms in total. The maximum atomic E-state index is 12.4. The van der Waals surface area contributed by atoms with Gasteiger partial charge in [-0.05, 0) is 62.4 Å². The monoisotopic (exact) mass is 338 g/mol. The van der Waals surface area contributed by atoms with Crippen LogP contribution in [0.15, 0.2) is 42.6 Å². The van der Waals surface area contributed by atoms with Crippen molar-refractivity contribution in [1.82, 2.24) is 9.88 Å². The molecule has 0 saturated carbocycles. The quantitative estimate of drug-likeness (QED) is 0.760. The number of pyridine rings is 1. The van der Waals surface area contributed by atoms with E-state index in [0.29, 0.717) is 13.1 Å². The number of carbonyl (C=O) groups is 1. The summed E-state index contributed by atoms with van der Waals surface area (Å²) in [5.41, 5.74) is 4.24. The molecule has 0 radical (unpaired) electrons. The lowest BCUT2D eigenvalue weighted by atomic mass is 9.92. The van der Waals surface area contributed by atoms with Crippen molar-refractivity contribution < 1.29 is 9.53 Å². The van der Waals surface area contributed by atoms with Gasteiger partial charge in [-0.1, -0.05) is 25.1 Å². The van der Waals surface area contributed by atoms with Gasteiger partial charge in [-0.15, -0.1) is 0 Å². The molecule has 0 bridgehead atoms. The Morgan fingerprint density at radius 1 is 1.24 bits per heavy atom. The van der Waals surface area contributed by atoms with Crippen molar-refractivity contribution in [1.29, 1.82) is 0 Å². The van der Waals surface area contributed by atoms with Crippen LogP contribution in [0.4, 0.5) is 4.79 Å². The summed E-state index contributed by atoms with van der Waals surface area (Å²) in [4.78, 5) is 18.7. The summed E-state index contributed by atoms with van der Waals surface area (Å²) in [5.74, 6) is 0.258. The largest absolute Gasteiger partial charge is 0.444 e. The van der Waals surface area contributed by atoms with Crippen LogP contribution in [0, 0.1) is 0 Å². The smallest absolute Gasteiger partial charge is 0.410 e. The lowest BCUT2D eigenvalue weighted by molar-refractivity contribution is 0.0248. The number of hydrogen-bond donors (Lipinski definition) is 0. The number of aromatic nitrogens is 1. The fraction of sp³-hybridized carbons (Fsp3) is 0.429. The summed E-state index contributed by atoms with van der Waals surface area (Å²) in [6.07, 6.45) is 2.44. The summed E-state index contributed by atoms with van der Waals surface area (Å²) < 4.78 is 5.55. The minimum atomic E-state index is -0.467. The first-order valence-electron chi connectivity index (χ1n) is 8.85. The van der Waals surface area contributed by atoms with Crippen LogP contribution in [0.1, 0.15) is 44.7 Å². The number of carbonyl (C=O) groups excluding carboxylic acids is 1. The first kappa shape index (κ1) is 17.5. The molecule has 0 fully saturated rings. The first-order valence-corrected chi connectivity index (χ1v) is 8.85. The Bertz CT molecular complexity index is 750. The molecule has 0 saturated heterocycles. The molecule has 2 aromatic rings. The average Bonchev–Trinajstić information content (AvgIpc) is 2.73. The molecule has 0 aliphatic carbocycles. The maximum Gasteiger partial charge on any atom is 0.410 e. The molecule has 132 valence electrons. The number of hydrogen-bond acceptors (Lipinski definition) is 3. The minimum absolute atomic E-state index is 0.225. The van der Waals surface area contributed by atoms with Gasteiger partial charge in [-0.3, -0.25) is 4.98 Å². The molecule has 1 atom stereocenters. The van der Waals surface area contributed by atoms with Gasteiger partial charge in [0.2, 0.25) is 0 Å². The highest BCUT2D eigenvalue weighted by Crippen LogP contribution is 2.30. The molecular weight excluding hydrogens is 312 g/mol. The van der Waals surface area contributed by atoms with Gasteiger partial charge in [0, 0.05) is 24.8 Å². The van der Waals surface area contributed by atoms with E-state index in [9.17, 15) is 4.79 Å². The third-order valence-electron chi connectivity index (χ3n) is 4.43. The zero-order chi connectivity index (χ0) is 18.0. The van der Waals surface area contributed by atoms with Crippen molar-refractivity contribution in [2.45, 2.75) is 45.6 Å². The molecule has 1 aliphatic heterocycles. The highest BCUT2D eigenvalue weighted by atomic mass is 16.6. The van der Waals surface area contributed by atoms with Crippen LogP contribution in [0.25, 0.3) is 11.3 Å². The fourth-order valence-electron chi connectivity index (χ4n) is 3.24. The van der Waals surface area contributed by atoms with E-state index in [1.807, 2.05) is 50.1 Å². The molecule has 1 aliphatic rings. The van der Waals surface area contributed by atoms with Crippen molar-refractivity contribution in [2.24, 2.45) is 0 Å². The third kappa shape index (κ3) is 4.19. The normalized spacial score (nSPS) is 17.6. The van der Waals surface area contributed by atoms with Gasteiger partial charge < -0.3 is 9.64 Å². The van der Waals surface area contributed by atoms with Gasteiger partial charge in [0.25, 0.3) is 0 Å². The number of rotatable bonds is 1. The van der Waals surface area contributed by atoms with E-state index in [1.54, 1.807) is 0 Å². The van der Waals surface area contributed by atoms with Crippen LogP contribution in [0.2, 0.25) is 0 Å². The van der Waals surface area contributed by atoms with Crippen LogP contribution in [-0.4, -0.2) is 34.7 Å². The van der Waals surface area contributed by atoms with E-state index in [4.69, 9.17) is 4.74 Å². The van der Waals surface area contributed by atoms with Gasteiger partial charge in [0.1, 0.15) is 5.60 Å². The number of benzene rings is 1.